The number of aryl methyl sites for hydroxylation is 1. The van der Waals surface area contributed by atoms with Crippen molar-refractivity contribution in [3.05, 3.63) is 72.3 Å². The fraction of sp³-hybridized carbons (Fsp3) is 0.238. The molecule has 0 fully saturated rings. The molecular formula is C21H23ClN4O4S. The number of carbonyl (C=O) groups is 1. The molecule has 10 heteroatoms. The van der Waals surface area contributed by atoms with Gasteiger partial charge in [0.1, 0.15) is 12.3 Å². The Balaban J connectivity index is 1.77. The molecule has 1 amide bonds. The van der Waals surface area contributed by atoms with Crippen molar-refractivity contribution < 1.29 is 17.9 Å². The van der Waals surface area contributed by atoms with Gasteiger partial charge in [-0.25, -0.2) is 13.4 Å². The number of methoxy groups -OCH3 is 1. The number of nitrogens with zero attached hydrogens (tertiary/aromatic N) is 3. The average Bonchev–Trinajstić information content (AvgIpc) is 3.29. The molecule has 0 saturated heterocycles. The maximum Gasteiger partial charge on any atom is 0.264 e. The zero-order valence-corrected chi connectivity index (χ0v) is 18.5. The van der Waals surface area contributed by atoms with Crippen LogP contribution in [-0.2, 0) is 21.4 Å². The molecule has 0 aliphatic heterocycles. The van der Waals surface area contributed by atoms with E-state index in [0.717, 1.165) is 4.31 Å². The number of anilines is 1. The van der Waals surface area contributed by atoms with Crippen LogP contribution in [0.25, 0.3) is 0 Å². The number of amides is 1. The Bertz CT molecular complexity index is 1110. The van der Waals surface area contributed by atoms with Crippen LogP contribution in [0.4, 0.5) is 5.69 Å². The van der Waals surface area contributed by atoms with Gasteiger partial charge in [0.15, 0.2) is 0 Å². The Morgan fingerprint density at radius 1 is 1.23 bits per heavy atom. The smallest absolute Gasteiger partial charge is 0.264 e. The second-order valence-corrected chi connectivity index (χ2v) is 8.92. The van der Waals surface area contributed by atoms with Crippen LogP contribution in [0, 0.1) is 0 Å². The highest BCUT2D eigenvalue weighted by Gasteiger charge is 2.27. The van der Waals surface area contributed by atoms with Gasteiger partial charge in [0, 0.05) is 25.5 Å². The number of imidazole rings is 1. The number of aromatic nitrogens is 2. The monoisotopic (exact) mass is 462 g/mol. The van der Waals surface area contributed by atoms with Crippen molar-refractivity contribution in [1.29, 1.82) is 0 Å². The minimum absolute atomic E-state index is 0.0786. The molecule has 0 radical (unpaired) electrons. The van der Waals surface area contributed by atoms with Gasteiger partial charge in [0.05, 0.1) is 29.0 Å². The molecule has 1 N–H and O–H groups in total. The van der Waals surface area contributed by atoms with Crippen molar-refractivity contribution in [3.8, 4) is 5.75 Å². The number of carbonyl (C=O) groups excluding carboxylic acids is 1. The van der Waals surface area contributed by atoms with Crippen LogP contribution in [0.1, 0.15) is 6.42 Å². The van der Waals surface area contributed by atoms with Gasteiger partial charge in [-0.3, -0.25) is 9.10 Å². The third-order valence-corrected chi connectivity index (χ3v) is 6.60. The molecule has 1 aromatic heterocycles. The van der Waals surface area contributed by atoms with Crippen LogP contribution < -0.4 is 14.4 Å². The average molecular weight is 463 g/mol. The second-order valence-electron chi connectivity index (χ2n) is 6.65. The topological polar surface area (TPSA) is 93.5 Å². The van der Waals surface area contributed by atoms with Crippen LogP contribution in [0.5, 0.6) is 5.75 Å². The fourth-order valence-corrected chi connectivity index (χ4v) is 4.63. The Morgan fingerprint density at radius 2 is 2.00 bits per heavy atom. The summed E-state index contributed by atoms with van der Waals surface area (Å²) in [6.07, 6.45) is 5.90. The predicted molar refractivity (Wildman–Crippen MR) is 119 cm³/mol. The molecule has 0 saturated carbocycles. The summed E-state index contributed by atoms with van der Waals surface area (Å²) in [6.45, 7) is 0.713. The Hall–Kier alpha value is -3.04. The van der Waals surface area contributed by atoms with Gasteiger partial charge < -0.3 is 14.6 Å². The van der Waals surface area contributed by atoms with Gasteiger partial charge in [-0.05, 0) is 36.8 Å². The third kappa shape index (κ3) is 5.77. The molecule has 3 rings (SSSR count). The molecule has 0 bridgehead atoms. The highest BCUT2D eigenvalue weighted by molar-refractivity contribution is 7.92. The molecule has 0 spiro atoms. The van der Waals surface area contributed by atoms with E-state index in [0.29, 0.717) is 25.3 Å². The summed E-state index contributed by atoms with van der Waals surface area (Å²) < 4.78 is 34.6. The molecule has 0 unspecified atom stereocenters. The van der Waals surface area contributed by atoms with Crippen LogP contribution in [-0.4, -0.2) is 44.1 Å². The van der Waals surface area contributed by atoms with Gasteiger partial charge in [0.2, 0.25) is 5.91 Å². The lowest BCUT2D eigenvalue weighted by molar-refractivity contribution is -0.119. The molecule has 8 nitrogen and oxygen atoms in total. The van der Waals surface area contributed by atoms with Gasteiger partial charge in [-0.15, -0.1) is 0 Å². The Labute approximate surface area is 186 Å². The summed E-state index contributed by atoms with van der Waals surface area (Å²) in [5, 5.41) is 3.01. The largest absolute Gasteiger partial charge is 0.495 e. The van der Waals surface area contributed by atoms with E-state index in [4.69, 9.17) is 16.3 Å². The lowest BCUT2D eigenvalue weighted by Crippen LogP contribution is -2.41. The van der Waals surface area contributed by atoms with Crippen molar-refractivity contribution in [1.82, 2.24) is 14.9 Å². The maximum absolute atomic E-state index is 13.3. The van der Waals surface area contributed by atoms with Gasteiger partial charge in [-0.2, -0.15) is 0 Å². The minimum atomic E-state index is -3.99. The molecule has 0 aliphatic rings. The second kappa shape index (κ2) is 10.3. The summed E-state index contributed by atoms with van der Waals surface area (Å²) in [6, 6.07) is 12.5. The van der Waals surface area contributed by atoms with Crippen LogP contribution in [0.2, 0.25) is 5.02 Å². The lowest BCUT2D eigenvalue weighted by atomic mass is 10.3. The van der Waals surface area contributed by atoms with E-state index in [-0.39, 0.29) is 22.2 Å². The van der Waals surface area contributed by atoms with E-state index in [1.54, 1.807) is 42.9 Å². The van der Waals surface area contributed by atoms with E-state index < -0.39 is 15.9 Å². The summed E-state index contributed by atoms with van der Waals surface area (Å²) in [4.78, 5) is 16.6. The van der Waals surface area contributed by atoms with E-state index in [9.17, 15) is 13.2 Å². The van der Waals surface area contributed by atoms with Gasteiger partial charge in [-0.1, -0.05) is 29.8 Å². The van der Waals surface area contributed by atoms with E-state index in [1.807, 2.05) is 10.8 Å². The number of rotatable bonds is 10. The number of ether oxygens (including phenoxy) is 1. The number of sulfonamides is 1. The fourth-order valence-electron chi connectivity index (χ4n) is 2.94. The van der Waals surface area contributed by atoms with E-state index in [2.05, 4.69) is 10.3 Å². The Morgan fingerprint density at radius 3 is 2.65 bits per heavy atom. The number of halogens is 1. The first-order valence-electron chi connectivity index (χ1n) is 9.55. The highest BCUT2D eigenvalue weighted by atomic mass is 35.5. The first kappa shape index (κ1) is 22.6. The summed E-state index contributed by atoms with van der Waals surface area (Å²) in [5.41, 5.74) is 0.267. The highest BCUT2D eigenvalue weighted by Crippen LogP contribution is 2.31. The van der Waals surface area contributed by atoms with Crippen LogP contribution >= 0.6 is 11.6 Å². The van der Waals surface area contributed by atoms with E-state index in [1.165, 1.54) is 25.3 Å². The summed E-state index contributed by atoms with van der Waals surface area (Å²) >= 11 is 6.20. The minimum Gasteiger partial charge on any atom is -0.495 e. The standard InChI is InChI=1S/C21H23ClN4O4S/c1-30-20-9-8-17(14-19(20)22)26(31(28,29)18-6-3-2-4-7-18)15-21(27)24-10-5-12-25-13-11-23-16-25/h2-4,6-9,11,13-14,16H,5,10,12,15H2,1H3,(H,24,27). The zero-order valence-electron chi connectivity index (χ0n) is 16.9. The van der Waals surface area contributed by atoms with Gasteiger partial charge >= 0.3 is 0 Å². The molecule has 0 aliphatic carbocycles. The molecule has 1 heterocycles. The number of benzene rings is 2. The molecule has 0 atom stereocenters. The molecule has 164 valence electrons. The van der Waals surface area contributed by atoms with Crippen molar-refractivity contribution in [2.75, 3.05) is 24.5 Å². The zero-order chi connectivity index (χ0) is 22.3. The summed E-state index contributed by atoms with van der Waals surface area (Å²) in [5.74, 6) is -0.0106. The quantitative estimate of drug-likeness (QED) is 0.467. The normalized spacial score (nSPS) is 11.2. The molecule has 2 aromatic carbocycles. The van der Waals surface area contributed by atoms with Crippen molar-refractivity contribution in [2.24, 2.45) is 0 Å². The number of nitrogens with one attached hydrogen (secondary N) is 1. The third-order valence-electron chi connectivity index (χ3n) is 4.52. The maximum atomic E-state index is 13.3. The molecular weight excluding hydrogens is 440 g/mol. The Kier molecular flexibility index (Phi) is 7.54. The first-order valence-corrected chi connectivity index (χ1v) is 11.4. The molecule has 31 heavy (non-hydrogen) atoms. The summed E-state index contributed by atoms with van der Waals surface area (Å²) in [7, 11) is -2.52. The number of hydrogen-bond acceptors (Lipinski definition) is 5. The van der Waals surface area contributed by atoms with Crippen LogP contribution in [0.15, 0.2) is 72.1 Å². The number of hydrogen-bond donors (Lipinski definition) is 1. The predicted octanol–water partition coefficient (Wildman–Crippen LogP) is 2.95. The first-order chi connectivity index (χ1) is 14.9. The lowest BCUT2D eigenvalue weighted by Gasteiger charge is -2.24. The van der Waals surface area contributed by atoms with Crippen molar-refractivity contribution >= 4 is 33.2 Å². The van der Waals surface area contributed by atoms with Gasteiger partial charge in [0.25, 0.3) is 10.0 Å². The van der Waals surface area contributed by atoms with Crippen molar-refractivity contribution in [2.45, 2.75) is 17.9 Å². The SMILES string of the molecule is COc1ccc(N(CC(=O)NCCCn2ccnc2)S(=O)(=O)c2ccccc2)cc1Cl. The van der Waals surface area contributed by atoms with Crippen LogP contribution in [0.3, 0.4) is 0 Å². The van der Waals surface area contributed by atoms with Crippen molar-refractivity contribution in [3.63, 3.8) is 0 Å². The molecule has 3 aromatic rings. The van der Waals surface area contributed by atoms with E-state index >= 15 is 0 Å².